The highest BCUT2D eigenvalue weighted by molar-refractivity contribution is 7.89. The molecule has 0 spiro atoms. The standard InChI is InChI=1S/C14H23ClN2O2S.ClH/c1-4-7-16-8-9-17-20(18,19)14-10-12(11(2)3)5-6-13(14)15;/h5-6,10-11,16-17H,4,7-9H2,1-3H3;1H. The molecule has 21 heavy (non-hydrogen) atoms. The van der Waals surface area contributed by atoms with Gasteiger partial charge in [0, 0.05) is 13.1 Å². The second-order valence-corrected chi connectivity index (χ2v) is 7.13. The van der Waals surface area contributed by atoms with Crippen molar-refractivity contribution in [1.29, 1.82) is 0 Å². The number of sulfonamides is 1. The quantitative estimate of drug-likeness (QED) is 0.705. The molecule has 0 amide bonds. The fourth-order valence-electron chi connectivity index (χ4n) is 1.74. The summed E-state index contributed by atoms with van der Waals surface area (Å²) in [5.41, 5.74) is 0.957. The predicted molar refractivity (Wildman–Crippen MR) is 91.1 cm³/mol. The lowest BCUT2D eigenvalue weighted by molar-refractivity contribution is 0.575. The van der Waals surface area contributed by atoms with Crippen LogP contribution in [0.15, 0.2) is 23.1 Å². The minimum atomic E-state index is -3.56. The maximum atomic E-state index is 12.2. The Bertz CT molecular complexity index is 534. The number of nitrogens with one attached hydrogen (secondary N) is 2. The molecule has 0 saturated heterocycles. The summed E-state index contributed by atoms with van der Waals surface area (Å²) in [6.07, 6.45) is 1.02. The van der Waals surface area contributed by atoms with Crippen molar-refractivity contribution in [1.82, 2.24) is 10.0 Å². The van der Waals surface area contributed by atoms with Gasteiger partial charge in [-0.2, -0.15) is 0 Å². The van der Waals surface area contributed by atoms with E-state index in [1.807, 2.05) is 19.9 Å². The molecule has 0 atom stereocenters. The third kappa shape index (κ3) is 6.53. The average Bonchev–Trinajstić information content (AvgIpc) is 2.38. The molecule has 0 aliphatic carbocycles. The molecule has 1 aromatic carbocycles. The molecule has 1 aromatic rings. The molecule has 2 N–H and O–H groups in total. The van der Waals surface area contributed by atoms with Crippen LogP contribution in [-0.2, 0) is 10.0 Å². The summed E-state index contributed by atoms with van der Waals surface area (Å²) in [5.74, 6) is 0.257. The van der Waals surface area contributed by atoms with E-state index in [9.17, 15) is 8.42 Å². The first-order chi connectivity index (χ1) is 9.38. The lowest BCUT2D eigenvalue weighted by atomic mass is 10.0. The van der Waals surface area contributed by atoms with Crippen LogP contribution in [0.25, 0.3) is 0 Å². The molecule has 7 heteroatoms. The van der Waals surface area contributed by atoms with Gasteiger partial charge in [0.1, 0.15) is 4.90 Å². The van der Waals surface area contributed by atoms with Crippen molar-refractivity contribution in [2.75, 3.05) is 19.6 Å². The maximum absolute atomic E-state index is 12.2. The summed E-state index contributed by atoms with van der Waals surface area (Å²) in [4.78, 5) is 0.154. The van der Waals surface area contributed by atoms with Crippen LogP contribution in [0.5, 0.6) is 0 Å². The molecular formula is C14H24Cl2N2O2S. The molecule has 0 aromatic heterocycles. The van der Waals surface area contributed by atoms with E-state index < -0.39 is 10.0 Å². The average molecular weight is 355 g/mol. The Labute approximate surface area is 139 Å². The summed E-state index contributed by atoms with van der Waals surface area (Å²) in [7, 11) is -3.56. The first kappa shape index (κ1) is 20.7. The zero-order valence-electron chi connectivity index (χ0n) is 12.6. The fourth-order valence-corrected chi connectivity index (χ4v) is 3.30. The van der Waals surface area contributed by atoms with Gasteiger partial charge in [-0.05, 0) is 36.6 Å². The normalized spacial score (nSPS) is 11.5. The molecular weight excluding hydrogens is 331 g/mol. The minimum Gasteiger partial charge on any atom is -0.315 e. The van der Waals surface area contributed by atoms with Crippen LogP contribution in [0, 0.1) is 0 Å². The van der Waals surface area contributed by atoms with Crippen molar-refractivity contribution in [2.45, 2.75) is 38.0 Å². The smallest absolute Gasteiger partial charge is 0.242 e. The summed E-state index contributed by atoms with van der Waals surface area (Å²) >= 11 is 6.01. The van der Waals surface area contributed by atoms with Crippen LogP contribution in [-0.4, -0.2) is 28.1 Å². The van der Waals surface area contributed by atoms with Gasteiger partial charge in [-0.15, -0.1) is 12.4 Å². The molecule has 0 saturated carbocycles. The van der Waals surface area contributed by atoms with Crippen LogP contribution in [0.1, 0.15) is 38.7 Å². The Hall–Kier alpha value is -0.330. The zero-order valence-corrected chi connectivity index (χ0v) is 15.0. The molecule has 0 aliphatic heterocycles. The van der Waals surface area contributed by atoms with Crippen molar-refractivity contribution in [3.8, 4) is 0 Å². The van der Waals surface area contributed by atoms with Gasteiger partial charge in [-0.1, -0.05) is 38.4 Å². The minimum absolute atomic E-state index is 0. The summed E-state index contributed by atoms with van der Waals surface area (Å²) in [6, 6.07) is 5.14. The SMILES string of the molecule is CCCNCCNS(=O)(=O)c1cc(C(C)C)ccc1Cl.Cl. The zero-order chi connectivity index (χ0) is 15.2. The highest BCUT2D eigenvalue weighted by Gasteiger charge is 2.18. The van der Waals surface area contributed by atoms with Gasteiger partial charge in [0.25, 0.3) is 0 Å². The Morgan fingerprint density at radius 1 is 1.19 bits per heavy atom. The number of hydrogen-bond acceptors (Lipinski definition) is 3. The number of hydrogen-bond donors (Lipinski definition) is 2. The Kier molecular flexibility index (Phi) is 9.49. The molecule has 0 fully saturated rings. The lowest BCUT2D eigenvalue weighted by Crippen LogP contribution is -2.32. The van der Waals surface area contributed by atoms with Crippen molar-refractivity contribution < 1.29 is 8.42 Å². The predicted octanol–water partition coefficient (Wildman–Crippen LogP) is 3.16. The first-order valence-corrected chi connectivity index (χ1v) is 8.74. The van der Waals surface area contributed by atoms with Crippen LogP contribution in [0.2, 0.25) is 5.02 Å². The lowest BCUT2D eigenvalue weighted by Gasteiger charge is -2.12. The molecule has 0 bridgehead atoms. The molecule has 0 aliphatic rings. The Morgan fingerprint density at radius 3 is 2.43 bits per heavy atom. The topological polar surface area (TPSA) is 58.2 Å². The van der Waals surface area contributed by atoms with E-state index in [0.717, 1.165) is 18.5 Å². The van der Waals surface area contributed by atoms with Gasteiger partial charge in [0.2, 0.25) is 10.0 Å². The van der Waals surface area contributed by atoms with E-state index >= 15 is 0 Å². The monoisotopic (exact) mass is 354 g/mol. The van der Waals surface area contributed by atoms with Crippen LogP contribution in [0.4, 0.5) is 0 Å². The van der Waals surface area contributed by atoms with E-state index in [1.165, 1.54) is 0 Å². The summed E-state index contributed by atoms with van der Waals surface area (Å²) < 4.78 is 27.0. The van der Waals surface area contributed by atoms with Gasteiger partial charge in [0.15, 0.2) is 0 Å². The number of rotatable bonds is 8. The molecule has 1 rings (SSSR count). The third-order valence-corrected chi connectivity index (χ3v) is 4.87. The van der Waals surface area contributed by atoms with Crippen molar-refractivity contribution in [2.24, 2.45) is 0 Å². The van der Waals surface area contributed by atoms with E-state index in [2.05, 4.69) is 17.0 Å². The maximum Gasteiger partial charge on any atom is 0.242 e. The summed E-state index contributed by atoms with van der Waals surface area (Å²) in [6.45, 7) is 7.93. The van der Waals surface area contributed by atoms with Crippen molar-refractivity contribution >= 4 is 34.0 Å². The third-order valence-electron chi connectivity index (χ3n) is 2.93. The van der Waals surface area contributed by atoms with Crippen LogP contribution < -0.4 is 10.0 Å². The van der Waals surface area contributed by atoms with Gasteiger partial charge in [-0.3, -0.25) is 0 Å². The molecule has 4 nitrogen and oxygen atoms in total. The second kappa shape index (κ2) is 9.64. The molecule has 0 radical (unpaired) electrons. The number of halogens is 2. The van der Waals surface area contributed by atoms with Crippen LogP contribution >= 0.6 is 24.0 Å². The van der Waals surface area contributed by atoms with Gasteiger partial charge in [-0.25, -0.2) is 13.1 Å². The Morgan fingerprint density at radius 2 is 1.86 bits per heavy atom. The van der Waals surface area contributed by atoms with Gasteiger partial charge in [0.05, 0.1) is 5.02 Å². The van der Waals surface area contributed by atoms with Gasteiger partial charge < -0.3 is 5.32 Å². The largest absolute Gasteiger partial charge is 0.315 e. The first-order valence-electron chi connectivity index (χ1n) is 6.88. The van der Waals surface area contributed by atoms with E-state index in [4.69, 9.17) is 11.6 Å². The fraction of sp³-hybridized carbons (Fsp3) is 0.571. The van der Waals surface area contributed by atoms with E-state index in [1.54, 1.807) is 12.1 Å². The highest BCUT2D eigenvalue weighted by atomic mass is 35.5. The van der Waals surface area contributed by atoms with Crippen molar-refractivity contribution in [3.05, 3.63) is 28.8 Å². The molecule has 122 valence electrons. The Balaban J connectivity index is 0.00000400. The summed E-state index contributed by atoms with van der Waals surface area (Å²) in [5, 5.41) is 3.40. The highest BCUT2D eigenvalue weighted by Crippen LogP contribution is 2.25. The molecule has 0 unspecified atom stereocenters. The molecule has 0 heterocycles. The van der Waals surface area contributed by atoms with E-state index in [0.29, 0.717) is 13.1 Å². The second-order valence-electron chi connectivity index (χ2n) is 4.99. The van der Waals surface area contributed by atoms with Gasteiger partial charge >= 0.3 is 0 Å². The van der Waals surface area contributed by atoms with E-state index in [-0.39, 0.29) is 28.2 Å². The van der Waals surface area contributed by atoms with Crippen molar-refractivity contribution in [3.63, 3.8) is 0 Å². The van der Waals surface area contributed by atoms with Crippen LogP contribution in [0.3, 0.4) is 0 Å². The number of benzene rings is 1.